The van der Waals surface area contributed by atoms with Crippen molar-refractivity contribution < 1.29 is 23.9 Å². The number of rotatable bonds is 9. The van der Waals surface area contributed by atoms with Gasteiger partial charge in [0, 0.05) is 18.1 Å². The lowest BCUT2D eigenvalue weighted by Gasteiger charge is -2.12. The van der Waals surface area contributed by atoms with Gasteiger partial charge in [-0.05, 0) is 28.1 Å². The number of benzene rings is 1. The van der Waals surface area contributed by atoms with Crippen LogP contribution in [0.4, 0.5) is 5.69 Å². The molecule has 0 aliphatic rings. The van der Waals surface area contributed by atoms with Crippen LogP contribution in [-0.4, -0.2) is 38.3 Å². The van der Waals surface area contributed by atoms with Gasteiger partial charge >= 0.3 is 0 Å². The van der Waals surface area contributed by atoms with E-state index >= 15 is 0 Å². The molecular formula is C16H17BrN2O6S. The van der Waals surface area contributed by atoms with Gasteiger partial charge in [-0.15, -0.1) is 11.3 Å². The Morgan fingerprint density at radius 3 is 2.62 bits per heavy atom. The van der Waals surface area contributed by atoms with Gasteiger partial charge in [-0.1, -0.05) is 0 Å². The normalized spacial score (nSPS) is 10.4. The van der Waals surface area contributed by atoms with Crippen molar-refractivity contribution in [3.63, 3.8) is 0 Å². The molecule has 26 heavy (non-hydrogen) atoms. The third-order valence-corrected chi connectivity index (χ3v) is 4.94. The summed E-state index contributed by atoms with van der Waals surface area (Å²) in [4.78, 5) is 24.1. The fraction of sp³-hybridized carbons (Fsp3) is 0.312. The van der Waals surface area contributed by atoms with E-state index in [0.29, 0.717) is 6.61 Å². The molecule has 1 N–H and O–H groups in total. The second-order valence-corrected chi connectivity index (χ2v) is 7.55. The molecule has 2 rings (SSSR count). The SMILES string of the molecule is COCCOc1cc([N+](=O)[O-])c(C(=O)NCc2ccc(Br)s2)cc1OC. The van der Waals surface area contributed by atoms with E-state index in [9.17, 15) is 14.9 Å². The third-order valence-electron chi connectivity index (χ3n) is 3.32. The molecule has 0 bridgehead atoms. The van der Waals surface area contributed by atoms with E-state index < -0.39 is 10.8 Å². The Hall–Kier alpha value is -2.17. The Bertz CT molecular complexity index is 795. The predicted octanol–water partition coefficient (Wildman–Crippen LogP) is 3.38. The fourth-order valence-corrected chi connectivity index (χ4v) is 3.52. The number of ether oxygens (including phenoxy) is 3. The van der Waals surface area contributed by atoms with Crippen LogP contribution in [0.3, 0.4) is 0 Å². The average Bonchev–Trinajstić information content (AvgIpc) is 3.04. The molecule has 140 valence electrons. The molecule has 0 unspecified atom stereocenters. The van der Waals surface area contributed by atoms with Crippen molar-refractivity contribution in [2.75, 3.05) is 27.4 Å². The maximum atomic E-state index is 12.5. The summed E-state index contributed by atoms with van der Waals surface area (Å²) < 4.78 is 16.5. The number of nitrogens with one attached hydrogen (secondary N) is 1. The first kappa shape index (κ1) is 20.1. The second-order valence-electron chi connectivity index (χ2n) is 5.01. The Morgan fingerprint density at radius 1 is 1.27 bits per heavy atom. The van der Waals surface area contributed by atoms with Crippen molar-refractivity contribution in [2.45, 2.75) is 6.54 Å². The zero-order valence-electron chi connectivity index (χ0n) is 14.1. The van der Waals surface area contributed by atoms with Crippen LogP contribution in [0, 0.1) is 10.1 Å². The summed E-state index contributed by atoms with van der Waals surface area (Å²) in [7, 11) is 2.91. The van der Waals surface area contributed by atoms with Gasteiger partial charge in [0.15, 0.2) is 11.5 Å². The van der Waals surface area contributed by atoms with E-state index in [0.717, 1.165) is 8.66 Å². The molecule has 1 aromatic heterocycles. The van der Waals surface area contributed by atoms with E-state index in [1.54, 1.807) is 0 Å². The van der Waals surface area contributed by atoms with E-state index in [1.807, 2.05) is 12.1 Å². The molecule has 1 aromatic carbocycles. The van der Waals surface area contributed by atoms with E-state index in [1.165, 1.54) is 37.7 Å². The van der Waals surface area contributed by atoms with Crippen molar-refractivity contribution in [2.24, 2.45) is 0 Å². The summed E-state index contributed by atoms with van der Waals surface area (Å²) in [5.74, 6) is -0.159. The number of nitro groups is 1. The summed E-state index contributed by atoms with van der Waals surface area (Å²) in [6.45, 7) is 0.777. The lowest BCUT2D eigenvalue weighted by Crippen LogP contribution is -2.23. The quantitative estimate of drug-likeness (QED) is 0.361. The van der Waals surface area contributed by atoms with Gasteiger partial charge in [0.2, 0.25) is 0 Å². The summed E-state index contributed by atoms with van der Waals surface area (Å²) in [6, 6.07) is 6.21. The van der Waals surface area contributed by atoms with Gasteiger partial charge in [0.1, 0.15) is 12.2 Å². The van der Waals surface area contributed by atoms with Gasteiger partial charge in [0.05, 0.1) is 35.0 Å². The molecule has 0 fully saturated rings. The first-order valence-corrected chi connectivity index (χ1v) is 9.07. The van der Waals surface area contributed by atoms with E-state index in [2.05, 4.69) is 21.2 Å². The van der Waals surface area contributed by atoms with Crippen LogP contribution in [0.5, 0.6) is 11.5 Å². The minimum absolute atomic E-state index is 0.0958. The summed E-state index contributed by atoms with van der Waals surface area (Å²) in [6.07, 6.45) is 0. The smallest absolute Gasteiger partial charge is 0.286 e. The zero-order valence-corrected chi connectivity index (χ0v) is 16.5. The molecular weight excluding hydrogens is 428 g/mol. The van der Waals surface area contributed by atoms with Crippen LogP contribution in [0.25, 0.3) is 0 Å². The number of nitrogens with zero attached hydrogens (tertiary/aromatic N) is 1. The number of thiophene rings is 1. The molecule has 1 heterocycles. The highest BCUT2D eigenvalue weighted by Crippen LogP contribution is 2.35. The van der Waals surface area contributed by atoms with Gasteiger partial charge in [-0.3, -0.25) is 14.9 Å². The summed E-state index contributed by atoms with van der Waals surface area (Å²) >= 11 is 4.81. The summed E-state index contributed by atoms with van der Waals surface area (Å²) in [5, 5.41) is 14.1. The minimum atomic E-state index is -0.626. The molecule has 8 nitrogen and oxygen atoms in total. The second kappa shape index (κ2) is 9.51. The van der Waals surface area contributed by atoms with Gasteiger partial charge in [0.25, 0.3) is 11.6 Å². The number of nitro benzene ring substituents is 1. The first-order valence-electron chi connectivity index (χ1n) is 7.46. The fourth-order valence-electron chi connectivity index (χ4n) is 2.10. The highest BCUT2D eigenvalue weighted by molar-refractivity contribution is 9.11. The Balaban J connectivity index is 2.24. The van der Waals surface area contributed by atoms with Crippen molar-refractivity contribution in [1.82, 2.24) is 5.32 Å². The summed E-state index contributed by atoms with van der Waals surface area (Å²) in [5.41, 5.74) is -0.454. The Labute approximate surface area is 162 Å². The average molecular weight is 445 g/mol. The van der Waals surface area contributed by atoms with Gasteiger partial charge in [-0.25, -0.2) is 0 Å². The number of hydrogen-bond donors (Lipinski definition) is 1. The van der Waals surface area contributed by atoms with Crippen LogP contribution in [0.1, 0.15) is 15.2 Å². The molecule has 0 spiro atoms. The lowest BCUT2D eigenvalue weighted by molar-refractivity contribution is -0.385. The molecule has 0 aliphatic carbocycles. The van der Waals surface area contributed by atoms with Crippen molar-refractivity contribution in [3.05, 3.63) is 48.6 Å². The lowest BCUT2D eigenvalue weighted by atomic mass is 10.1. The molecule has 1 amide bonds. The van der Waals surface area contributed by atoms with Crippen LogP contribution in [-0.2, 0) is 11.3 Å². The van der Waals surface area contributed by atoms with Crippen LogP contribution in [0.15, 0.2) is 28.1 Å². The van der Waals surface area contributed by atoms with Crippen LogP contribution >= 0.6 is 27.3 Å². The number of methoxy groups -OCH3 is 2. The van der Waals surface area contributed by atoms with Crippen molar-refractivity contribution >= 4 is 38.9 Å². The van der Waals surface area contributed by atoms with Gasteiger partial charge < -0.3 is 19.5 Å². The topological polar surface area (TPSA) is 99.9 Å². The zero-order chi connectivity index (χ0) is 19.1. The monoisotopic (exact) mass is 444 g/mol. The van der Waals surface area contributed by atoms with Gasteiger partial charge in [-0.2, -0.15) is 0 Å². The predicted molar refractivity (Wildman–Crippen MR) is 100 cm³/mol. The minimum Gasteiger partial charge on any atom is -0.493 e. The van der Waals surface area contributed by atoms with Crippen molar-refractivity contribution in [1.29, 1.82) is 0 Å². The molecule has 0 aliphatic heterocycles. The highest BCUT2D eigenvalue weighted by Gasteiger charge is 2.24. The maximum absolute atomic E-state index is 12.5. The number of amides is 1. The van der Waals surface area contributed by atoms with Crippen LogP contribution < -0.4 is 14.8 Å². The number of halogens is 1. The Kier molecular flexibility index (Phi) is 7.37. The molecule has 0 atom stereocenters. The number of carbonyl (C=O) groups excluding carboxylic acids is 1. The molecule has 2 aromatic rings. The van der Waals surface area contributed by atoms with Crippen LogP contribution in [0.2, 0.25) is 0 Å². The number of carbonyl (C=O) groups is 1. The first-order chi connectivity index (χ1) is 12.5. The molecule has 0 saturated heterocycles. The third kappa shape index (κ3) is 5.16. The van der Waals surface area contributed by atoms with E-state index in [-0.39, 0.29) is 35.9 Å². The maximum Gasteiger partial charge on any atom is 0.286 e. The standard InChI is InChI=1S/C16H17BrN2O6S/c1-23-5-6-25-14-8-12(19(21)22)11(7-13(14)24-2)16(20)18-9-10-3-4-15(17)26-10/h3-4,7-8H,5-6,9H2,1-2H3,(H,18,20). The Morgan fingerprint density at radius 2 is 2.04 bits per heavy atom. The van der Waals surface area contributed by atoms with E-state index in [4.69, 9.17) is 14.2 Å². The largest absolute Gasteiger partial charge is 0.493 e. The molecule has 0 saturated carbocycles. The van der Waals surface area contributed by atoms with Crippen molar-refractivity contribution in [3.8, 4) is 11.5 Å². The number of hydrogen-bond acceptors (Lipinski definition) is 7. The highest BCUT2D eigenvalue weighted by atomic mass is 79.9. The molecule has 0 radical (unpaired) electrons. The molecule has 10 heteroatoms.